The summed E-state index contributed by atoms with van der Waals surface area (Å²) in [6.07, 6.45) is 3.44. The van der Waals surface area contributed by atoms with Crippen LogP contribution in [0.25, 0.3) is 11.1 Å². The molecule has 31 heavy (non-hydrogen) atoms. The van der Waals surface area contributed by atoms with E-state index in [0.29, 0.717) is 5.92 Å². The van der Waals surface area contributed by atoms with Crippen molar-refractivity contribution in [2.45, 2.75) is 58.5 Å². The second-order valence-electron chi connectivity index (χ2n) is 10.4. The molecule has 2 atom stereocenters. The standard InChI is InChI=1S/C27H34N2O2/c1-4-18-6-5-7-20(14-18)21-8-9-23-22(15-21)16-27(2,3)25(23)29(26(30)31)24-17-28-12-10-19(24)11-13-28/h5-9,14-15,19,24-25H,4,10-13,16-17H2,1-3H3,(H,30,31)/t24-,25+/m1/s1. The van der Waals surface area contributed by atoms with Crippen LogP contribution < -0.4 is 0 Å². The van der Waals surface area contributed by atoms with Gasteiger partial charge in [0.1, 0.15) is 0 Å². The molecule has 1 aliphatic carbocycles. The monoisotopic (exact) mass is 418 g/mol. The molecule has 2 aromatic carbocycles. The van der Waals surface area contributed by atoms with Gasteiger partial charge in [-0.15, -0.1) is 0 Å². The van der Waals surface area contributed by atoms with Gasteiger partial charge in [0, 0.05) is 6.54 Å². The molecule has 2 aromatic rings. The van der Waals surface area contributed by atoms with Crippen LogP contribution in [0.3, 0.4) is 0 Å². The number of carboxylic acid groups (broad SMARTS) is 1. The van der Waals surface area contributed by atoms with Crippen LogP contribution in [0.15, 0.2) is 42.5 Å². The SMILES string of the molecule is CCc1cccc(-c2ccc3c(c2)CC(C)(C)[C@H]3N(C(=O)O)[C@@H]2CN3CCC2CC3)c1. The number of nitrogens with zero attached hydrogens (tertiary/aromatic N) is 2. The maximum Gasteiger partial charge on any atom is 0.408 e. The summed E-state index contributed by atoms with van der Waals surface area (Å²) in [6, 6.07) is 15.5. The van der Waals surface area contributed by atoms with Gasteiger partial charge < -0.3 is 10.0 Å². The molecular formula is C27H34N2O2. The van der Waals surface area contributed by atoms with Gasteiger partial charge in [0.2, 0.25) is 0 Å². The van der Waals surface area contributed by atoms with E-state index in [9.17, 15) is 9.90 Å². The summed E-state index contributed by atoms with van der Waals surface area (Å²) < 4.78 is 0. The molecule has 2 bridgehead atoms. The zero-order chi connectivity index (χ0) is 21.8. The number of fused-ring (bicyclic) bond motifs is 4. The minimum Gasteiger partial charge on any atom is -0.465 e. The van der Waals surface area contributed by atoms with Gasteiger partial charge in [0.15, 0.2) is 0 Å². The van der Waals surface area contributed by atoms with Crippen LogP contribution in [-0.2, 0) is 12.8 Å². The third kappa shape index (κ3) is 3.55. The molecule has 164 valence electrons. The Balaban J connectivity index is 1.52. The molecule has 0 spiro atoms. The molecule has 4 aliphatic rings. The minimum absolute atomic E-state index is 0.0819. The first kappa shape index (κ1) is 20.6. The average Bonchev–Trinajstić information content (AvgIpc) is 3.04. The lowest BCUT2D eigenvalue weighted by Gasteiger charge is -2.51. The fourth-order valence-electron chi connectivity index (χ4n) is 6.40. The molecule has 4 nitrogen and oxygen atoms in total. The van der Waals surface area contributed by atoms with Crippen LogP contribution in [0.5, 0.6) is 0 Å². The van der Waals surface area contributed by atoms with Crippen LogP contribution in [0.1, 0.15) is 56.3 Å². The van der Waals surface area contributed by atoms with Gasteiger partial charge in [-0.05, 0) is 77.9 Å². The summed E-state index contributed by atoms with van der Waals surface area (Å²) >= 11 is 0. The number of piperidine rings is 3. The first-order valence-electron chi connectivity index (χ1n) is 11.8. The van der Waals surface area contributed by atoms with Gasteiger partial charge >= 0.3 is 6.09 Å². The summed E-state index contributed by atoms with van der Waals surface area (Å²) in [6.45, 7) is 9.81. The molecule has 6 rings (SSSR count). The Morgan fingerprint density at radius 3 is 2.52 bits per heavy atom. The maximum absolute atomic E-state index is 12.6. The second kappa shape index (κ2) is 7.67. The van der Waals surface area contributed by atoms with Gasteiger partial charge in [-0.2, -0.15) is 0 Å². The molecule has 0 unspecified atom stereocenters. The fourth-order valence-corrected chi connectivity index (χ4v) is 6.40. The molecule has 1 amide bonds. The Labute approximate surface area is 185 Å². The van der Waals surface area contributed by atoms with Crippen molar-refractivity contribution in [2.24, 2.45) is 11.3 Å². The van der Waals surface area contributed by atoms with E-state index in [1.165, 1.54) is 27.8 Å². The Morgan fingerprint density at radius 2 is 1.87 bits per heavy atom. The van der Waals surface area contributed by atoms with Gasteiger partial charge in [-0.1, -0.05) is 63.2 Å². The smallest absolute Gasteiger partial charge is 0.408 e. The highest BCUT2D eigenvalue weighted by atomic mass is 16.4. The summed E-state index contributed by atoms with van der Waals surface area (Å²) in [5.41, 5.74) is 6.22. The average molecular weight is 419 g/mol. The van der Waals surface area contributed by atoms with E-state index < -0.39 is 6.09 Å². The van der Waals surface area contributed by atoms with E-state index >= 15 is 0 Å². The second-order valence-corrected chi connectivity index (χ2v) is 10.4. The number of amides is 1. The van der Waals surface area contributed by atoms with Gasteiger partial charge in [-0.3, -0.25) is 4.90 Å². The maximum atomic E-state index is 12.6. The number of hydrogen-bond donors (Lipinski definition) is 1. The first-order chi connectivity index (χ1) is 14.9. The minimum atomic E-state index is -0.760. The van der Waals surface area contributed by atoms with Crippen LogP contribution >= 0.6 is 0 Å². The van der Waals surface area contributed by atoms with Crippen molar-refractivity contribution in [2.75, 3.05) is 19.6 Å². The lowest BCUT2D eigenvalue weighted by molar-refractivity contribution is -0.0267. The molecule has 3 fully saturated rings. The van der Waals surface area contributed by atoms with Gasteiger partial charge in [-0.25, -0.2) is 4.79 Å². The number of aryl methyl sites for hydroxylation is 1. The molecule has 3 aliphatic heterocycles. The summed E-state index contributed by atoms with van der Waals surface area (Å²) in [5, 5.41) is 10.4. The molecular weight excluding hydrogens is 384 g/mol. The highest BCUT2D eigenvalue weighted by Gasteiger charge is 2.50. The van der Waals surface area contributed by atoms with Gasteiger partial charge in [0.25, 0.3) is 0 Å². The summed E-state index contributed by atoms with van der Waals surface area (Å²) in [7, 11) is 0. The van der Waals surface area contributed by atoms with Crippen molar-refractivity contribution in [1.29, 1.82) is 0 Å². The predicted octanol–water partition coefficient (Wildman–Crippen LogP) is 5.61. The van der Waals surface area contributed by atoms with Crippen LogP contribution in [0.4, 0.5) is 4.79 Å². The van der Waals surface area contributed by atoms with Crippen LogP contribution in [0, 0.1) is 11.3 Å². The number of carbonyl (C=O) groups is 1. The fraction of sp³-hybridized carbons (Fsp3) is 0.519. The largest absolute Gasteiger partial charge is 0.465 e. The van der Waals surface area contributed by atoms with E-state index in [2.05, 4.69) is 68.1 Å². The van der Waals surface area contributed by atoms with Crippen LogP contribution in [0.2, 0.25) is 0 Å². The molecule has 0 radical (unpaired) electrons. The van der Waals surface area contributed by atoms with E-state index in [0.717, 1.165) is 45.3 Å². The van der Waals surface area contributed by atoms with Crippen molar-refractivity contribution in [3.05, 3.63) is 59.2 Å². The predicted molar refractivity (Wildman–Crippen MR) is 124 cm³/mol. The quantitative estimate of drug-likeness (QED) is 0.701. The Bertz CT molecular complexity index is 990. The number of hydrogen-bond acceptors (Lipinski definition) is 2. The van der Waals surface area contributed by atoms with Crippen LogP contribution in [-0.4, -0.2) is 46.7 Å². The third-order valence-corrected chi connectivity index (χ3v) is 7.97. The van der Waals surface area contributed by atoms with Crippen molar-refractivity contribution in [3.8, 4) is 11.1 Å². The number of rotatable bonds is 4. The van der Waals surface area contributed by atoms with Crippen molar-refractivity contribution in [1.82, 2.24) is 9.80 Å². The van der Waals surface area contributed by atoms with E-state index in [1.807, 2.05) is 4.90 Å². The molecule has 1 N–H and O–H groups in total. The summed E-state index contributed by atoms with van der Waals surface area (Å²) in [4.78, 5) is 16.9. The Kier molecular flexibility index (Phi) is 5.09. The third-order valence-electron chi connectivity index (χ3n) is 7.97. The Morgan fingerprint density at radius 1 is 1.13 bits per heavy atom. The van der Waals surface area contributed by atoms with E-state index in [4.69, 9.17) is 0 Å². The summed E-state index contributed by atoms with van der Waals surface area (Å²) in [5.74, 6) is 0.497. The highest BCUT2D eigenvalue weighted by molar-refractivity contribution is 5.69. The number of benzene rings is 2. The van der Waals surface area contributed by atoms with Gasteiger partial charge in [0.05, 0.1) is 12.1 Å². The molecule has 3 saturated heterocycles. The van der Waals surface area contributed by atoms with Crippen molar-refractivity contribution < 1.29 is 9.90 Å². The first-order valence-corrected chi connectivity index (χ1v) is 11.8. The molecule has 0 saturated carbocycles. The highest BCUT2D eigenvalue weighted by Crippen LogP contribution is 2.51. The van der Waals surface area contributed by atoms with Crippen molar-refractivity contribution in [3.63, 3.8) is 0 Å². The lowest BCUT2D eigenvalue weighted by atomic mass is 9.79. The van der Waals surface area contributed by atoms with E-state index in [-0.39, 0.29) is 17.5 Å². The zero-order valence-electron chi connectivity index (χ0n) is 19.0. The van der Waals surface area contributed by atoms with Crippen molar-refractivity contribution >= 4 is 6.09 Å². The molecule has 4 heteroatoms. The Hall–Kier alpha value is -2.33. The zero-order valence-corrected chi connectivity index (χ0v) is 19.0. The normalized spacial score (nSPS) is 28.4. The topological polar surface area (TPSA) is 43.8 Å². The van der Waals surface area contributed by atoms with E-state index in [1.54, 1.807) is 0 Å². The lowest BCUT2D eigenvalue weighted by Crippen LogP contribution is -2.60. The molecule has 3 heterocycles. The molecule has 0 aromatic heterocycles.